The predicted octanol–water partition coefficient (Wildman–Crippen LogP) is 5.79. The molecular weight excluding hydrogens is 610 g/mol. The smallest absolute Gasteiger partial charge is 0.323 e. The number of halogens is 1. The summed E-state index contributed by atoms with van der Waals surface area (Å²) in [5.41, 5.74) is 5.93. The van der Waals surface area contributed by atoms with Crippen molar-refractivity contribution < 1.29 is 34.0 Å². The highest BCUT2D eigenvalue weighted by Crippen LogP contribution is 2.47. The molecular formula is C35H32ClN3O7. The summed E-state index contributed by atoms with van der Waals surface area (Å²) in [5.74, 6) is 1.11. The van der Waals surface area contributed by atoms with Crippen LogP contribution in [0.25, 0.3) is 11.1 Å². The van der Waals surface area contributed by atoms with Crippen molar-refractivity contribution in [2.75, 3.05) is 19.8 Å². The third-order valence-electron chi connectivity index (χ3n) is 8.12. The molecule has 1 unspecified atom stereocenters. The van der Waals surface area contributed by atoms with Crippen LogP contribution >= 0.6 is 11.6 Å². The molecule has 1 aliphatic carbocycles. The van der Waals surface area contributed by atoms with E-state index in [-0.39, 0.29) is 12.7 Å². The molecule has 0 fully saturated rings. The lowest BCUT2D eigenvalue weighted by atomic mass is 9.95. The number of carboxylic acid groups (broad SMARTS) is 1. The van der Waals surface area contributed by atoms with E-state index >= 15 is 0 Å². The van der Waals surface area contributed by atoms with Gasteiger partial charge >= 0.3 is 5.97 Å². The molecule has 2 aliphatic rings. The summed E-state index contributed by atoms with van der Waals surface area (Å²) in [7, 11) is 0. The fourth-order valence-electron chi connectivity index (χ4n) is 5.92. The van der Waals surface area contributed by atoms with Gasteiger partial charge in [0.2, 0.25) is 0 Å². The number of hydrogen-bond acceptors (Lipinski definition) is 9. The van der Waals surface area contributed by atoms with E-state index in [1.165, 1.54) is 11.8 Å². The number of aliphatic hydroxyl groups excluding tert-OH is 1. The molecule has 10 nitrogen and oxygen atoms in total. The van der Waals surface area contributed by atoms with E-state index in [0.29, 0.717) is 46.4 Å². The lowest BCUT2D eigenvalue weighted by molar-refractivity contribution is -0.140. The van der Waals surface area contributed by atoms with Crippen LogP contribution in [0.3, 0.4) is 0 Å². The average Bonchev–Trinajstić information content (AvgIpc) is 3.49. The highest BCUT2D eigenvalue weighted by molar-refractivity contribution is 6.32. The Labute approximate surface area is 271 Å². The van der Waals surface area contributed by atoms with Gasteiger partial charge in [0, 0.05) is 41.2 Å². The van der Waals surface area contributed by atoms with Crippen LogP contribution in [0.15, 0.2) is 67.0 Å². The van der Waals surface area contributed by atoms with E-state index in [1.54, 1.807) is 31.3 Å². The molecule has 3 N–H and O–H groups in total. The van der Waals surface area contributed by atoms with Crippen molar-refractivity contribution in [2.45, 2.75) is 44.6 Å². The van der Waals surface area contributed by atoms with Crippen LogP contribution in [0, 0.1) is 11.3 Å². The number of hydrogen-bond donors (Lipinski definition) is 3. The Morgan fingerprint density at radius 1 is 1.13 bits per heavy atom. The summed E-state index contributed by atoms with van der Waals surface area (Å²) in [6.07, 6.45) is 4.32. The Morgan fingerprint density at radius 2 is 1.93 bits per heavy atom. The zero-order valence-corrected chi connectivity index (χ0v) is 25.8. The summed E-state index contributed by atoms with van der Waals surface area (Å²) >= 11 is 6.80. The van der Waals surface area contributed by atoms with Crippen LogP contribution in [0.5, 0.6) is 23.0 Å². The second kappa shape index (κ2) is 13.7. The van der Waals surface area contributed by atoms with Crippen molar-refractivity contribution >= 4 is 17.6 Å². The molecule has 0 amide bonds. The Morgan fingerprint density at radius 3 is 2.74 bits per heavy atom. The largest absolute Gasteiger partial charge is 0.488 e. The molecule has 0 radical (unpaired) electrons. The Kier molecular flexibility index (Phi) is 9.26. The SMILES string of the molecule is CC(N[C@@H](CO)C(=O)O)c1cc(Cl)c(O[C@H]2CCc3c(-c4cccc5c4OCCO5)cccc32)cc1OCc1cncc(C#N)c1. The summed E-state index contributed by atoms with van der Waals surface area (Å²) < 4.78 is 24.6. The van der Waals surface area contributed by atoms with Crippen LogP contribution in [0.1, 0.15) is 53.3 Å². The van der Waals surface area contributed by atoms with Gasteiger partial charge in [-0.15, -0.1) is 0 Å². The molecule has 4 aromatic rings. The van der Waals surface area contributed by atoms with Crippen molar-refractivity contribution in [3.05, 3.63) is 99.8 Å². The average molecular weight is 642 g/mol. The van der Waals surface area contributed by atoms with E-state index in [4.69, 9.17) is 30.5 Å². The number of benzene rings is 3. The van der Waals surface area contributed by atoms with Gasteiger partial charge in [-0.3, -0.25) is 15.1 Å². The zero-order valence-electron chi connectivity index (χ0n) is 25.0. The summed E-state index contributed by atoms with van der Waals surface area (Å²) in [6, 6.07) is 17.5. The van der Waals surface area contributed by atoms with Crippen molar-refractivity contribution in [3.8, 4) is 40.2 Å². The van der Waals surface area contributed by atoms with Crippen molar-refractivity contribution in [1.29, 1.82) is 5.26 Å². The van der Waals surface area contributed by atoms with Gasteiger partial charge in [0.25, 0.3) is 0 Å². The fraction of sp³-hybridized carbons (Fsp3) is 0.286. The number of fused-ring (bicyclic) bond motifs is 2. The first-order valence-electron chi connectivity index (χ1n) is 14.9. The standard InChI is InChI=1S/C35H32ClN3O7/c1-20(39-29(18-40)35(41)42)27-13-28(36)33(14-32(27)45-19-22-12-21(15-37)16-38-17-22)46-30-9-8-24-23(4-2-5-25(24)30)26-6-3-7-31-34(26)44-11-10-43-31/h2-7,12-14,16-17,20,29-30,39-40H,8-11,18-19H2,1H3,(H,41,42)/t20?,29-,30-/m0/s1. The first-order chi connectivity index (χ1) is 22.4. The van der Waals surface area contributed by atoms with Crippen LogP contribution in [0.2, 0.25) is 5.02 Å². The molecule has 3 atom stereocenters. The molecule has 1 aromatic heterocycles. The fourth-order valence-corrected chi connectivity index (χ4v) is 6.13. The Bertz CT molecular complexity index is 1810. The monoisotopic (exact) mass is 641 g/mol. The van der Waals surface area contributed by atoms with Gasteiger partial charge in [-0.2, -0.15) is 5.26 Å². The van der Waals surface area contributed by atoms with Gasteiger partial charge in [0.05, 0.1) is 17.2 Å². The number of ether oxygens (including phenoxy) is 4. The van der Waals surface area contributed by atoms with E-state index in [9.17, 15) is 20.3 Å². The van der Waals surface area contributed by atoms with E-state index in [0.717, 1.165) is 41.0 Å². The maximum Gasteiger partial charge on any atom is 0.323 e. The number of pyridine rings is 1. The zero-order chi connectivity index (χ0) is 32.2. The topological polar surface area (TPSA) is 143 Å². The number of aliphatic hydroxyl groups is 1. The molecule has 2 heterocycles. The van der Waals surface area contributed by atoms with Crippen molar-refractivity contribution in [2.24, 2.45) is 0 Å². The van der Waals surface area contributed by atoms with Gasteiger partial charge < -0.3 is 29.2 Å². The number of carbonyl (C=O) groups is 1. The maximum absolute atomic E-state index is 11.6. The number of para-hydroxylation sites is 1. The summed E-state index contributed by atoms with van der Waals surface area (Å²) in [5, 5.41) is 31.6. The highest BCUT2D eigenvalue weighted by atomic mass is 35.5. The van der Waals surface area contributed by atoms with Gasteiger partial charge in [-0.25, -0.2) is 0 Å². The summed E-state index contributed by atoms with van der Waals surface area (Å²) in [4.78, 5) is 15.7. The van der Waals surface area contributed by atoms with Gasteiger partial charge in [-0.05, 0) is 54.7 Å². The molecule has 0 spiro atoms. The quantitative estimate of drug-likeness (QED) is 0.184. The highest BCUT2D eigenvalue weighted by Gasteiger charge is 2.30. The number of nitriles is 1. The minimum absolute atomic E-state index is 0.0917. The maximum atomic E-state index is 11.6. The predicted molar refractivity (Wildman–Crippen MR) is 169 cm³/mol. The molecule has 0 saturated heterocycles. The molecule has 11 heteroatoms. The molecule has 0 bridgehead atoms. The molecule has 3 aromatic carbocycles. The van der Waals surface area contributed by atoms with Crippen molar-refractivity contribution in [3.63, 3.8) is 0 Å². The molecule has 236 valence electrons. The van der Waals surface area contributed by atoms with Crippen LogP contribution in [-0.2, 0) is 17.8 Å². The number of aromatic nitrogens is 1. The van der Waals surface area contributed by atoms with Crippen LogP contribution < -0.4 is 24.3 Å². The number of rotatable bonds is 11. The third-order valence-corrected chi connectivity index (χ3v) is 8.42. The number of nitrogens with zero attached hydrogens (tertiary/aromatic N) is 2. The van der Waals surface area contributed by atoms with Gasteiger partial charge in [0.15, 0.2) is 11.5 Å². The van der Waals surface area contributed by atoms with Crippen molar-refractivity contribution in [1.82, 2.24) is 10.3 Å². The second-order valence-electron chi connectivity index (χ2n) is 11.1. The molecule has 1 aliphatic heterocycles. The second-order valence-corrected chi connectivity index (χ2v) is 11.5. The molecule has 0 saturated carbocycles. The lowest BCUT2D eigenvalue weighted by Gasteiger charge is -2.24. The Balaban J connectivity index is 1.31. The molecule has 46 heavy (non-hydrogen) atoms. The summed E-state index contributed by atoms with van der Waals surface area (Å²) in [6.45, 7) is 2.27. The van der Waals surface area contributed by atoms with Gasteiger partial charge in [-0.1, -0.05) is 41.9 Å². The van der Waals surface area contributed by atoms with E-state index < -0.39 is 24.7 Å². The minimum Gasteiger partial charge on any atom is -0.488 e. The normalized spacial score (nSPS) is 16.2. The lowest BCUT2D eigenvalue weighted by Crippen LogP contribution is -2.41. The first-order valence-corrected chi connectivity index (χ1v) is 15.3. The minimum atomic E-state index is -1.19. The third kappa shape index (κ3) is 6.44. The number of aliphatic carboxylic acids is 1. The Hall–Kier alpha value is -4.82. The first kappa shape index (κ1) is 31.2. The van der Waals surface area contributed by atoms with E-state index in [1.807, 2.05) is 24.3 Å². The number of carboxylic acids is 1. The number of nitrogens with one attached hydrogen (secondary N) is 1. The van der Waals surface area contributed by atoms with E-state index in [2.05, 4.69) is 28.5 Å². The van der Waals surface area contributed by atoms with Crippen LogP contribution in [-0.4, -0.2) is 47.0 Å². The van der Waals surface area contributed by atoms with Crippen LogP contribution in [0.4, 0.5) is 0 Å². The van der Waals surface area contributed by atoms with Gasteiger partial charge in [0.1, 0.15) is 49.5 Å². The molecule has 6 rings (SSSR count).